The lowest BCUT2D eigenvalue weighted by Crippen LogP contribution is -1.94. The van der Waals surface area contributed by atoms with Crippen LogP contribution in [0.2, 0.25) is 0 Å². The second-order valence-corrected chi connectivity index (χ2v) is 12.8. The van der Waals surface area contributed by atoms with E-state index >= 15 is 0 Å². The van der Waals surface area contributed by atoms with E-state index in [-0.39, 0.29) is 60.1 Å². The Kier molecular flexibility index (Phi) is 4.12. The molecule has 1 heteroatoms. The fraction of sp³-hybridized carbons (Fsp3) is 0. The van der Waals surface area contributed by atoms with Crippen LogP contribution in [0.5, 0.6) is 0 Å². The summed E-state index contributed by atoms with van der Waals surface area (Å²) in [7, 11) is 0. The Bertz CT molecular complexity index is 4000. The van der Waals surface area contributed by atoms with E-state index in [0.717, 1.165) is 11.1 Å². The molecule has 1 aromatic heterocycles. The fourth-order valence-corrected chi connectivity index (χ4v) is 7.76. The summed E-state index contributed by atoms with van der Waals surface area (Å²) in [4.78, 5) is 0. The number of benzene rings is 10. The molecule has 0 spiro atoms. The monoisotopic (exact) mass is 687 g/mol. The zero-order valence-corrected chi connectivity index (χ0v) is 27.7. The van der Waals surface area contributed by atoms with Crippen molar-refractivity contribution in [3.05, 3.63) is 194 Å². The largest absolute Gasteiger partial charge is 0.456 e. The van der Waals surface area contributed by atoms with Crippen molar-refractivity contribution in [1.82, 2.24) is 0 Å². The van der Waals surface area contributed by atoms with E-state index in [1.54, 1.807) is 54.6 Å². The van der Waals surface area contributed by atoms with E-state index in [1.807, 2.05) is 48.5 Å². The zero-order valence-electron chi connectivity index (χ0n) is 42.7. The Morgan fingerprint density at radius 2 is 1.00 bits per heavy atom. The highest BCUT2D eigenvalue weighted by molar-refractivity contribution is 6.27. The topological polar surface area (TPSA) is 13.1 Å². The molecule has 0 aliphatic heterocycles. The van der Waals surface area contributed by atoms with Crippen molar-refractivity contribution in [2.75, 3.05) is 0 Å². The first kappa shape index (κ1) is 18.5. The maximum absolute atomic E-state index is 9.73. The van der Waals surface area contributed by atoms with Gasteiger partial charge in [-0.25, -0.2) is 0 Å². The van der Waals surface area contributed by atoms with Crippen molar-refractivity contribution in [1.29, 1.82) is 0 Å². The molecule has 10 aromatic carbocycles. The van der Waals surface area contributed by atoms with Gasteiger partial charge in [0, 0.05) is 10.8 Å². The third-order valence-electron chi connectivity index (χ3n) is 10.0. The summed E-state index contributed by atoms with van der Waals surface area (Å²) >= 11 is 0. The van der Waals surface area contributed by atoms with Gasteiger partial charge in [-0.05, 0) is 106 Å². The standard InChI is InChI=1S/C52H32O/c1-2-14-33(15-3-1)36-29-30-44-48(32-36)53-47-27-13-26-45(52(44)47)50-40-21-8-10-23-42(40)51(43-24-11-9-22-41(43)50)46-31-28-35-17-5-7-20-38(35)49(46)39-25-12-18-34-16-4-6-19-37(34)39/h1-32H/i4D,6D,8D,9D,10D,11D,12D,16D,18D,19D,21D,22D,23D,24D,25D. The van der Waals surface area contributed by atoms with Crippen LogP contribution < -0.4 is 0 Å². The van der Waals surface area contributed by atoms with Gasteiger partial charge in [-0.3, -0.25) is 0 Å². The number of hydrogen-bond donors (Lipinski definition) is 0. The highest BCUT2D eigenvalue weighted by atomic mass is 16.3. The van der Waals surface area contributed by atoms with Crippen molar-refractivity contribution < 1.29 is 25.0 Å². The van der Waals surface area contributed by atoms with E-state index in [4.69, 9.17) is 16.8 Å². The molecule has 0 saturated heterocycles. The lowest BCUT2D eigenvalue weighted by Gasteiger charge is -2.21. The molecule has 0 atom stereocenters. The van der Waals surface area contributed by atoms with Crippen molar-refractivity contribution in [3.63, 3.8) is 0 Å². The molecular weight excluding hydrogens is 641 g/mol. The first-order valence-corrected chi connectivity index (χ1v) is 17.0. The average Bonchev–Trinajstić information content (AvgIpc) is 3.74. The smallest absolute Gasteiger partial charge is 0.136 e. The molecule has 0 radical (unpaired) electrons. The summed E-state index contributed by atoms with van der Waals surface area (Å²) in [6.07, 6.45) is 0. The summed E-state index contributed by atoms with van der Waals surface area (Å²) in [6, 6.07) is 22.0. The SMILES string of the molecule is [2H]c1c([2H])c([2H])c2c(-c3c(-c4c5c([2H])c([2H])c([2H])c([2H])c5c(-c5cccc6oc7cc(-c8ccccc8)ccc7c56)c5c([2H])c([2H])c([2H])c([2H])c45)ccc4ccccc34)c([2H])c([2H])c([2H])c2c1[2H]. The molecule has 246 valence electrons. The van der Waals surface area contributed by atoms with Gasteiger partial charge in [-0.15, -0.1) is 0 Å². The minimum atomic E-state index is -0.650. The van der Waals surface area contributed by atoms with Gasteiger partial charge in [0.1, 0.15) is 11.2 Å². The number of rotatable bonds is 4. The molecule has 11 aromatic rings. The second-order valence-electron chi connectivity index (χ2n) is 12.8. The van der Waals surface area contributed by atoms with Gasteiger partial charge in [0.05, 0.1) is 20.6 Å². The molecule has 0 N–H and O–H groups in total. The van der Waals surface area contributed by atoms with E-state index in [0.29, 0.717) is 38.3 Å². The molecule has 0 aliphatic carbocycles. The summed E-state index contributed by atoms with van der Waals surface area (Å²) in [5.41, 5.74) is 3.14. The Labute approximate surface area is 328 Å². The molecule has 1 heterocycles. The van der Waals surface area contributed by atoms with E-state index < -0.39 is 90.6 Å². The maximum atomic E-state index is 9.73. The van der Waals surface area contributed by atoms with Crippen LogP contribution in [-0.4, -0.2) is 0 Å². The predicted molar refractivity (Wildman–Crippen MR) is 225 cm³/mol. The summed E-state index contributed by atoms with van der Waals surface area (Å²) in [5, 5.41) is 1.18. The third-order valence-corrected chi connectivity index (χ3v) is 10.0. The Morgan fingerprint density at radius 3 is 1.77 bits per heavy atom. The average molecular weight is 688 g/mol. The number of furan rings is 1. The second kappa shape index (κ2) is 11.8. The fourth-order valence-electron chi connectivity index (χ4n) is 7.76. The van der Waals surface area contributed by atoms with Crippen LogP contribution in [-0.2, 0) is 0 Å². The zero-order chi connectivity index (χ0) is 47.9. The first-order valence-electron chi connectivity index (χ1n) is 24.5. The Hall–Kier alpha value is -6.96. The summed E-state index contributed by atoms with van der Waals surface area (Å²) < 4.78 is 144. The highest BCUT2D eigenvalue weighted by Crippen LogP contribution is 2.50. The quantitative estimate of drug-likeness (QED) is 0.168. The van der Waals surface area contributed by atoms with Gasteiger partial charge in [-0.1, -0.05) is 176 Å². The minimum absolute atomic E-state index is 0.0647. The molecule has 1 nitrogen and oxygen atoms in total. The normalized spacial score (nSPS) is 15.7. The maximum Gasteiger partial charge on any atom is 0.136 e. The van der Waals surface area contributed by atoms with Gasteiger partial charge in [0.15, 0.2) is 0 Å². The molecule has 0 bridgehead atoms. The van der Waals surface area contributed by atoms with Gasteiger partial charge in [-0.2, -0.15) is 0 Å². The summed E-state index contributed by atoms with van der Waals surface area (Å²) in [5.74, 6) is 0. The van der Waals surface area contributed by atoms with E-state index in [9.17, 15) is 8.22 Å². The van der Waals surface area contributed by atoms with Crippen LogP contribution in [0.25, 0.3) is 110 Å². The van der Waals surface area contributed by atoms with Crippen molar-refractivity contribution in [3.8, 4) is 44.5 Å². The predicted octanol–water partition coefficient (Wildman–Crippen LogP) is 14.9. The summed E-state index contributed by atoms with van der Waals surface area (Å²) in [6.45, 7) is 0. The van der Waals surface area contributed by atoms with Crippen molar-refractivity contribution >= 4 is 65.0 Å². The van der Waals surface area contributed by atoms with E-state index in [2.05, 4.69) is 0 Å². The van der Waals surface area contributed by atoms with Crippen molar-refractivity contribution in [2.24, 2.45) is 0 Å². The lowest BCUT2D eigenvalue weighted by molar-refractivity contribution is 0.669. The molecular formula is C52H32O. The molecule has 53 heavy (non-hydrogen) atoms. The molecule has 0 unspecified atom stereocenters. The van der Waals surface area contributed by atoms with Gasteiger partial charge in [0.2, 0.25) is 0 Å². The van der Waals surface area contributed by atoms with Crippen LogP contribution in [0.15, 0.2) is 198 Å². The molecule has 0 aliphatic rings. The third kappa shape index (κ3) is 4.58. The van der Waals surface area contributed by atoms with Crippen LogP contribution in [0.3, 0.4) is 0 Å². The highest BCUT2D eigenvalue weighted by Gasteiger charge is 2.23. The van der Waals surface area contributed by atoms with Crippen LogP contribution in [0.4, 0.5) is 0 Å². The molecule has 0 amide bonds. The minimum Gasteiger partial charge on any atom is -0.456 e. The van der Waals surface area contributed by atoms with E-state index in [1.165, 1.54) is 0 Å². The molecule has 0 saturated carbocycles. The molecule has 0 fully saturated rings. The van der Waals surface area contributed by atoms with Gasteiger partial charge >= 0.3 is 0 Å². The lowest BCUT2D eigenvalue weighted by atomic mass is 9.81. The van der Waals surface area contributed by atoms with Crippen LogP contribution in [0.1, 0.15) is 20.6 Å². The van der Waals surface area contributed by atoms with Crippen LogP contribution in [0, 0.1) is 0 Å². The van der Waals surface area contributed by atoms with Gasteiger partial charge < -0.3 is 4.42 Å². The van der Waals surface area contributed by atoms with Crippen molar-refractivity contribution in [2.45, 2.75) is 0 Å². The van der Waals surface area contributed by atoms with Gasteiger partial charge in [0.25, 0.3) is 0 Å². The Morgan fingerprint density at radius 1 is 0.340 bits per heavy atom. The Balaban J connectivity index is 1.40. The van der Waals surface area contributed by atoms with Crippen LogP contribution >= 0.6 is 0 Å². The molecule has 11 rings (SSSR count). The first-order chi connectivity index (χ1) is 32.5. The number of fused-ring (bicyclic) bond motifs is 7. The number of hydrogen-bond acceptors (Lipinski definition) is 1.